The van der Waals surface area contributed by atoms with Crippen molar-refractivity contribution in [3.63, 3.8) is 0 Å². The van der Waals surface area contributed by atoms with Crippen LogP contribution in [0.25, 0.3) is 21.1 Å². The van der Waals surface area contributed by atoms with Crippen molar-refractivity contribution in [1.82, 2.24) is 4.98 Å². The number of para-hydroxylation sites is 1. The smallest absolute Gasteiger partial charge is 0.268 e. The number of nitrogen functional groups attached to an aromatic ring is 1. The van der Waals surface area contributed by atoms with Gasteiger partial charge in [-0.15, -0.1) is 11.3 Å². The van der Waals surface area contributed by atoms with Crippen LogP contribution >= 0.6 is 11.3 Å². The largest absolute Gasteiger partial charge is 0.494 e. The second-order valence-electron chi connectivity index (χ2n) is 5.91. The number of pyridine rings is 1. The topological polar surface area (TPSA) is 77.2 Å². The Morgan fingerprint density at radius 3 is 2.85 bits per heavy atom. The van der Waals surface area contributed by atoms with Crippen LogP contribution in [-0.4, -0.2) is 17.5 Å². The van der Waals surface area contributed by atoms with Crippen molar-refractivity contribution in [2.75, 3.05) is 17.7 Å². The molecule has 0 radical (unpaired) electrons. The first-order chi connectivity index (χ1) is 13.1. The Bertz CT molecular complexity index is 1170. The minimum Gasteiger partial charge on any atom is -0.494 e. The minimum absolute atomic E-state index is 0.110. The van der Waals surface area contributed by atoms with Crippen molar-refractivity contribution >= 4 is 49.7 Å². The van der Waals surface area contributed by atoms with Crippen LogP contribution in [0, 0.1) is 5.82 Å². The second kappa shape index (κ2) is 6.85. The number of carbonyl (C=O) groups is 1. The van der Waals surface area contributed by atoms with E-state index in [1.807, 2.05) is 31.2 Å². The highest BCUT2D eigenvalue weighted by molar-refractivity contribution is 7.21. The van der Waals surface area contributed by atoms with Gasteiger partial charge in [-0.05, 0) is 37.3 Å². The predicted molar refractivity (Wildman–Crippen MR) is 107 cm³/mol. The molecule has 4 rings (SSSR count). The highest BCUT2D eigenvalue weighted by Gasteiger charge is 2.19. The summed E-state index contributed by atoms with van der Waals surface area (Å²) in [6.45, 7) is 2.49. The highest BCUT2D eigenvalue weighted by atomic mass is 32.1. The number of anilines is 2. The van der Waals surface area contributed by atoms with Crippen molar-refractivity contribution in [3.8, 4) is 5.75 Å². The van der Waals surface area contributed by atoms with Crippen molar-refractivity contribution in [1.29, 1.82) is 0 Å². The molecule has 0 saturated heterocycles. The molecule has 3 N–H and O–H groups in total. The number of hydrogen-bond acceptors (Lipinski definition) is 5. The molecule has 0 atom stereocenters. The standard InChI is InChI=1S/C20H16FN3O2S/c1-2-26-12-8-7-11-9-13-17(22)18(27-20(13)24-16(11)10-12)19(25)23-15-6-4-3-5-14(15)21/h3-10H,2,22H2,1H3,(H,23,25). The molecule has 0 fully saturated rings. The van der Waals surface area contributed by atoms with E-state index in [-0.39, 0.29) is 5.69 Å². The van der Waals surface area contributed by atoms with Gasteiger partial charge in [0.05, 0.1) is 23.5 Å². The summed E-state index contributed by atoms with van der Waals surface area (Å²) in [7, 11) is 0. The van der Waals surface area contributed by atoms with Crippen molar-refractivity contribution in [2.24, 2.45) is 0 Å². The molecule has 0 saturated carbocycles. The summed E-state index contributed by atoms with van der Waals surface area (Å²) < 4.78 is 19.3. The molecule has 0 unspecified atom stereocenters. The molecule has 2 aromatic heterocycles. The third kappa shape index (κ3) is 3.17. The second-order valence-corrected chi connectivity index (χ2v) is 6.91. The number of nitrogens with zero attached hydrogens (tertiary/aromatic N) is 1. The number of fused-ring (bicyclic) bond motifs is 2. The Morgan fingerprint density at radius 1 is 1.26 bits per heavy atom. The lowest BCUT2D eigenvalue weighted by atomic mass is 10.1. The summed E-state index contributed by atoms with van der Waals surface area (Å²) in [5.74, 6) is -0.226. The lowest BCUT2D eigenvalue weighted by molar-refractivity contribution is 0.103. The fraction of sp³-hybridized carbons (Fsp3) is 0.100. The van der Waals surface area contributed by atoms with Gasteiger partial charge in [-0.3, -0.25) is 4.79 Å². The summed E-state index contributed by atoms with van der Waals surface area (Å²) in [4.78, 5) is 18.2. The van der Waals surface area contributed by atoms with Crippen molar-refractivity contribution < 1.29 is 13.9 Å². The van der Waals surface area contributed by atoms with Crippen LogP contribution in [0.5, 0.6) is 5.75 Å². The molecule has 4 aromatic rings. The van der Waals surface area contributed by atoms with E-state index in [4.69, 9.17) is 10.5 Å². The molecule has 0 aliphatic carbocycles. The third-order valence-corrected chi connectivity index (χ3v) is 5.24. The normalized spacial score (nSPS) is 11.0. The molecule has 136 valence electrons. The maximum Gasteiger partial charge on any atom is 0.268 e. The average Bonchev–Trinajstić information content (AvgIpc) is 2.98. The van der Waals surface area contributed by atoms with Gasteiger partial charge in [0.15, 0.2) is 0 Å². The fourth-order valence-corrected chi connectivity index (χ4v) is 3.82. The molecule has 0 spiro atoms. The zero-order chi connectivity index (χ0) is 19.0. The van der Waals surface area contributed by atoms with Gasteiger partial charge in [-0.2, -0.15) is 0 Å². The SMILES string of the molecule is CCOc1ccc2cc3c(N)c(C(=O)Nc4ccccc4F)sc3nc2c1. The number of halogens is 1. The van der Waals surface area contributed by atoms with E-state index in [1.54, 1.807) is 12.1 Å². The molecule has 7 heteroatoms. The molecule has 27 heavy (non-hydrogen) atoms. The number of rotatable bonds is 4. The lowest BCUT2D eigenvalue weighted by Crippen LogP contribution is -2.12. The molecule has 0 bridgehead atoms. The number of carbonyl (C=O) groups excluding carboxylic acids is 1. The van der Waals surface area contributed by atoms with Gasteiger partial charge >= 0.3 is 0 Å². The number of nitrogens with one attached hydrogen (secondary N) is 1. The first-order valence-corrected chi connectivity index (χ1v) is 9.20. The maximum absolute atomic E-state index is 13.8. The molecular formula is C20H16FN3O2S. The van der Waals surface area contributed by atoms with Crippen LogP contribution < -0.4 is 15.8 Å². The van der Waals surface area contributed by atoms with Gasteiger partial charge < -0.3 is 15.8 Å². The molecule has 5 nitrogen and oxygen atoms in total. The number of thiophene rings is 1. The monoisotopic (exact) mass is 381 g/mol. The summed E-state index contributed by atoms with van der Waals surface area (Å²) in [6.07, 6.45) is 0. The van der Waals surface area contributed by atoms with Crippen LogP contribution in [0.1, 0.15) is 16.6 Å². The highest BCUT2D eigenvalue weighted by Crippen LogP contribution is 2.35. The Hall–Kier alpha value is -3.19. The number of ether oxygens (including phenoxy) is 1. The summed E-state index contributed by atoms with van der Waals surface area (Å²) in [5, 5.41) is 4.17. The van der Waals surface area contributed by atoms with E-state index in [9.17, 15) is 9.18 Å². The van der Waals surface area contributed by atoms with E-state index in [2.05, 4.69) is 10.3 Å². The van der Waals surface area contributed by atoms with Gasteiger partial charge in [0.25, 0.3) is 5.91 Å². The predicted octanol–water partition coefficient (Wildman–Crippen LogP) is 4.82. The average molecular weight is 381 g/mol. The Labute approximate surface area is 158 Å². The van der Waals surface area contributed by atoms with E-state index in [0.717, 1.165) is 16.7 Å². The van der Waals surface area contributed by atoms with Crippen molar-refractivity contribution in [3.05, 3.63) is 59.2 Å². The van der Waals surface area contributed by atoms with E-state index >= 15 is 0 Å². The Morgan fingerprint density at radius 2 is 2.07 bits per heavy atom. The zero-order valence-electron chi connectivity index (χ0n) is 14.5. The maximum atomic E-state index is 13.8. The molecule has 2 heterocycles. The van der Waals surface area contributed by atoms with Crippen LogP contribution in [0.4, 0.5) is 15.8 Å². The van der Waals surface area contributed by atoms with E-state index in [0.29, 0.717) is 27.4 Å². The van der Waals surface area contributed by atoms with Gasteiger partial charge in [0.2, 0.25) is 0 Å². The van der Waals surface area contributed by atoms with Gasteiger partial charge in [-0.25, -0.2) is 9.37 Å². The number of nitrogens with two attached hydrogens (primary N) is 1. The van der Waals surface area contributed by atoms with E-state index < -0.39 is 11.7 Å². The van der Waals surface area contributed by atoms with Gasteiger partial charge in [0.1, 0.15) is 21.3 Å². The number of amides is 1. The third-order valence-electron chi connectivity index (χ3n) is 4.13. The minimum atomic E-state index is -0.502. The first-order valence-electron chi connectivity index (χ1n) is 8.38. The number of aromatic nitrogens is 1. The molecule has 1 amide bonds. The number of benzene rings is 2. The van der Waals surface area contributed by atoms with E-state index in [1.165, 1.54) is 23.5 Å². The fourth-order valence-electron chi connectivity index (χ4n) is 2.84. The zero-order valence-corrected chi connectivity index (χ0v) is 15.3. The first kappa shape index (κ1) is 17.2. The number of hydrogen-bond donors (Lipinski definition) is 2. The summed E-state index contributed by atoms with van der Waals surface area (Å²) >= 11 is 1.18. The van der Waals surface area contributed by atoms with Gasteiger partial charge in [0, 0.05) is 16.8 Å². The summed E-state index contributed by atoms with van der Waals surface area (Å²) in [6, 6.07) is 13.5. The molecule has 0 aliphatic heterocycles. The lowest BCUT2D eigenvalue weighted by Gasteiger charge is -2.05. The van der Waals surface area contributed by atoms with Gasteiger partial charge in [-0.1, -0.05) is 12.1 Å². The van der Waals surface area contributed by atoms with Crippen LogP contribution in [-0.2, 0) is 0 Å². The Kier molecular flexibility index (Phi) is 4.37. The molecule has 2 aromatic carbocycles. The Balaban J connectivity index is 1.75. The molecule has 0 aliphatic rings. The van der Waals surface area contributed by atoms with Crippen LogP contribution in [0.2, 0.25) is 0 Å². The van der Waals surface area contributed by atoms with Crippen LogP contribution in [0.3, 0.4) is 0 Å². The van der Waals surface area contributed by atoms with Crippen LogP contribution in [0.15, 0.2) is 48.5 Å². The van der Waals surface area contributed by atoms with Crippen molar-refractivity contribution in [2.45, 2.75) is 6.92 Å². The quantitative estimate of drug-likeness (QED) is 0.531. The molecular weight excluding hydrogens is 365 g/mol. The summed E-state index contributed by atoms with van der Waals surface area (Å²) in [5.41, 5.74) is 7.40.